The fraction of sp³-hybridized carbons (Fsp3) is 0.0323. The normalized spacial score (nSPS) is 14.0. The summed E-state index contributed by atoms with van der Waals surface area (Å²) in [5.41, 5.74) is 15.4. The molecule has 0 unspecified atom stereocenters. The van der Waals surface area contributed by atoms with E-state index in [1.54, 1.807) is 0 Å². The maximum atomic E-state index is 6.93. The SMILES string of the molecule is Nc1ccc(-c2ccc3c(c2)-c2c(Cl)cccc2C32c3ccccc3Oc3ccccc32)cc1. The molecule has 0 radical (unpaired) electrons. The number of fused-ring (bicyclic) bond motifs is 9. The number of nitrogen functional groups attached to an aromatic ring is 1. The van der Waals surface area contributed by atoms with Gasteiger partial charge in [-0.3, -0.25) is 0 Å². The Morgan fingerprint density at radius 2 is 1.21 bits per heavy atom. The highest BCUT2D eigenvalue weighted by molar-refractivity contribution is 6.34. The van der Waals surface area contributed by atoms with Gasteiger partial charge in [-0.2, -0.15) is 0 Å². The van der Waals surface area contributed by atoms with Gasteiger partial charge in [0.05, 0.1) is 5.41 Å². The number of benzene rings is 5. The van der Waals surface area contributed by atoms with Crippen LogP contribution in [0.3, 0.4) is 0 Å². The minimum Gasteiger partial charge on any atom is -0.457 e. The highest BCUT2D eigenvalue weighted by atomic mass is 35.5. The molecule has 5 aromatic carbocycles. The van der Waals surface area contributed by atoms with Crippen molar-refractivity contribution in [2.24, 2.45) is 0 Å². The van der Waals surface area contributed by atoms with Crippen LogP contribution in [0.25, 0.3) is 22.3 Å². The number of anilines is 1. The summed E-state index contributed by atoms with van der Waals surface area (Å²) in [7, 11) is 0. The number of para-hydroxylation sites is 2. The maximum Gasteiger partial charge on any atom is 0.132 e. The van der Waals surface area contributed by atoms with Crippen LogP contribution in [-0.2, 0) is 5.41 Å². The van der Waals surface area contributed by atoms with E-state index < -0.39 is 5.41 Å². The number of hydrogen-bond acceptors (Lipinski definition) is 2. The van der Waals surface area contributed by atoms with E-state index in [1.807, 2.05) is 30.3 Å². The molecule has 2 aliphatic rings. The quantitative estimate of drug-likeness (QED) is 0.253. The van der Waals surface area contributed by atoms with E-state index >= 15 is 0 Å². The lowest BCUT2D eigenvalue weighted by Crippen LogP contribution is -2.32. The van der Waals surface area contributed by atoms with Crippen molar-refractivity contribution in [3.8, 4) is 33.8 Å². The van der Waals surface area contributed by atoms with Gasteiger partial charge < -0.3 is 10.5 Å². The zero-order chi connectivity index (χ0) is 22.9. The van der Waals surface area contributed by atoms with E-state index in [0.29, 0.717) is 0 Å². The fourth-order valence-electron chi connectivity index (χ4n) is 5.76. The summed E-state index contributed by atoms with van der Waals surface area (Å²) in [5, 5.41) is 0.756. The number of ether oxygens (including phenoxy) is 1. The van der Waals surface area contributed by atoms with Gasteiger partial charge in [-0.05, 0) is 64.2 Å². The molecule has 1 aliphatic heterocycles. The van der Waals surface area contributed by atoms with Crippen LogP contribution >= 0.6 is 11.6 Å². The molecule has 2 N–H and O–H groups in total. The van der Waals surface area contributed by atoms with Crippen LogP contribution in [0.1, 0.15) is 22.3 Å². The Labute approximate surface area is 203 Å². The summed E-state index contributed by atoms with van der Waals surface area (Å²) >= 11 is 6.93. The Hall–Kier alpha value is -4.01. The van der Waals surface area contributed by atoms with Crippen LogP contribution in [0.2, 0.25) is 5.02 Å². The standard InChI is InChI=1S/C31H20ClNO/c32-27-9-5-8-26-30(27)22-18-20(19-12-15-21(33)16-13-19)14-17-23(22)31(26)24-6-1-3-10-28(24)34-29-11-4-2-7-25(29)31/h1-18H,33H2. The summed E-state index contributed by atoms with van der Waals surface area (Å²) in [6.07, 6.45) is 0. The Balaban J connectivity index is 1.61. The first-order chi connectivity index (χ1) is 16.7. The van der Waals surface area contributed by atoms with Crippen molar-refractivity contribution in [1.82, 2.24) is 0 Å². The summed E-state index contributed by atoms with van der Waals surface area (Å²) in [6, 6.07) is 37.7. The number of halogens is 1. The Bertz CT molecular complexity index is 1560. The smallest absolute Gasteiger partial charge is 0.132 e. The second-order valence-electron chi connectivity index (χ2n) is 8.89. The van der Waals surface area contributed by atoms with Gasteiger partial charge in [0.2, 0.25) is 0 Å². The molecule has 0 bridgehead atoms. The minimum atomic E-state index is -0.499. The Morgan fingerprint density at radius 1 is 0.588 bits per heavy atom. The molecule has 162 valence electrons. The van der Waals surface area contributed by atoms with Gasteiger partial charge in [-0.15, -0.1) is 0 Å². The third-order valence-corrected chi connectivity index (χ3v) is 7.47. The molecule has 1 aliphatic carbocycles. The van der Waals surface area contributed by atoms with Crippen molar-refractivity contribution < 1.29 is 4.74 Å². The third kappa shape index (κ3) is 2.46. The molecule has 0 saturated carbocycles. The van der Waals surface area contributed by atoms with Gasteiger partial charge in [-0.1, -0.05) is 84.4 Å². The topological polar surface area (TPSA) is 35.2 Å². The van der Waals surface area contributed by atoms with E-state index in [9.17, 15) is 0 Å². The molecule has 2 nitrogen and oxygen atoms in total. The van der Waals surface area contributed by atoms with Crippen LogP contribution in [-0.4, -0.2) is 0 Å². The minimum absolute atomic E-state index is 0.499. The van der Waals surface area contributed by atoms with E-state index in [2.05, 4.69) is 78.9 Å². The molecule has 34 heavy (non-hydrogen) atoms. The lowest BCUT2D eigenvalue weighted by molar-refractivity contribution is 0.436. The lowest BCUT2D eigenvalue weighted by Gasteiger charge is -2.39. The van der Waals surface area contributed by atoms with Crippen LogP contribution in [0.5, 0.6) is 11.5 Å². The molecule has 0 fully saturated rings. The van der Waals surface area contributed by atoms with Gasteiger partial charge in [0.25, 0.3) is 0 Å². The Kier molecular flexibility index (Phi) is 4.00. The van der Waals surface area contributed by atoms with Crippen LogP contribution in [0.4, 0.5) is 5.69 Å². The molecule has 5 aromatic rings. The van der Waals surface area contributed by atoms with Crippen LogP contribution < -0.4 is 10.5 Å². The molecule has 0 aromatic heterocycles. The van der Waals surface area contributed by atoms with E-state index in [-0.39, 0.29) is 0 Å². The molecule has 7 rings (SSSR count). The van der Waals surface area contributed by atoms with Crippen LogP contribution in [0.15, 0.2) is 109 Å². The van der Waals surface area contributed by atoms with Gasteiger partial charge >= 0.3 is 0 Å². The molecule has 1 spiro atoms. The van der Waals surface area contributed by atoms with Gasteiger partial charge in [-0.25, -0.2) is 0 Å². The lowest BCUT2D eigenvalue weighted by atomic mass is 9.66. The van der Waals surface area contributed by atoms with Crippen molar-refractivity contribution in [1.29, 1.82) is 0 Å². The molecule has 0 atom stereocenters. The third-order valence-electron chi connectivity index (χ3n) is 7.16. The maximum absolute atomic E-state index is 6.93. The van der Waals surface area contributed by atoms with Crippen molar-refractivity contribution in [2.75, 3.05) is 5.73 Å². The summed E-state index contributed by atoms with van der Waals surface area (Å²) < 4.78 is 6.38. The van der Waals surface area contributed by atoms with Crippen LogP contribution in [0, 0.1) is 0 Å². The monoisotopic (exact) mass is 457 g/mol. The zero-order valence-corrected chi connectivity index (χ0v) is 19.0. The molecule has 0 saturated heterocycles. The summed E-state index contributed by atoms with van der Waals surface area (Å²) in [5.74, 6) is 1.75. The molecular formula is C31H20ClNO. The van der Waals surface area contributed by atoms with Gasteiger partial charge in [0.15, 0.2) is 0 Å². The summed E-state index contributed by atoms with van der Waals surface area (Å²) in [6.45, 7) is 0. The number of hydrogen-bond donors (Lipinski definition) is 1. The van der Waals surface area contributed by atoms with Crippen molar-refractivity contribution in [3.63, 3.8) is 0 Å². The average Bonchev–Trinajstić information content (AvgIpc) is 3.16. The van der Waals surface area contributed by atoms with Gasteiger partial charge in [0, 0.05) is 27.4 Å². The van der Waals surface area contributed by atoms with E-state index in [0.717, 1.165) is 55.6 Å². The first-order valence-corrected chi connectivity index (χ1v) is 11.7. The molecule has 1 heterocycles. The van der Waals surface area contributed by atoms with E-state index in [1.165, 1.54) is 11.1 Å². The first kappa shape index (κ1) is 19.5. The number of nitrogens with two attached hydrogens (primary N) is 1. The van der Waals surface area contributed by atoms with Crippen molar-refractivity contribution >= 4 is 17.3 Å². The first-order valence-electron chi connectivity index (χ1n) is 11.3. The van der Waals surface area contributed by atoms with Crippen molar-refractivity contribution in [2.45, 2.75) is 5.41 Å². The second kappa shape index (κ2) is 6.99. The highest BCUT2D eigenvalue weighted by Crippen LogP contribution is 2.63. The predicted molar refractivity (Wildman–Crippen MR) is 139 cm³/mol. The predicted octanol–water partition coefficient (Wildman–Crippen LogP) is 8.06. The highest BCUT2D eigenvalue weighted by Gasteiger charge is 2.51. The zero-order valence-electron chi connectivity index (χ0n) is 18.3. The summed E-state index contributed by atoms with van der Waals surface area (Å²) in [4.78, 5) is 0. The van der Waals surface area contributed by atoms with E-state index in [4.69, 9.17) is 22.1 Å². The van der Waals surface area contributed by atoms with Gasteiger partial charge in [0.1, 0.15) is 11.5 Å². The Morgan fingerprint density at radius 3 is 1.91 bits per heavy atom. The molecular weight excluding hydrogens is 438 g/mol. The second-order valence-corrected chi connectivity index (χ2v) is 9.30. The molecule has 0 amide bonds. The number of rotatable bonds is 1. The largest absolute Gasteiger partial charge is 0.457 e. The fourth-order valence-corrected chi connectivity index (χ4v) is 6.04. The van der Waals surface area contributed by atoms with Crippen molar-refractivity contribution in [3.05, 3.63) is 136 Å². The average molecular weight is 458 g/mol. The molecule has 3 heteroatoms.